The number of aliphatic hydroxyl groups excluding tert-OH is 1. The molecule has 2 aromatic carbocycles. The average Bonchev–Trinajstić information content (AvgIpc) is 2.82. The molecular weight excluding hydrogens is 414 g/mol. The number of hydrogen-bond donors (Lipinski definition) is 2. The molecule has 1 heterocycles. The fourth-order valence-electron chi connectivity index (χ4n) is 3.13. The SMILES string of the molecule is Cc1ccc(Cl)cc1S(=O)(=O)N(c1cccc(O)c1)[C@H]1CS(=O)(=O)C[C@H]1O. The number of benzene rings is 2. The first-order valence-corrected chi connectivity index (χ1v) is 11.6. The van der Waals surface area contributed by atoms with Gasteiger partial charge in [0, 0.05) is 11.1 Å². The first-order valence-electron chi connectivity index (χ1n) is 7.99. The molecule has 0 unspecified atom stereocenters. The molecule has 0 saturated carbocycles. The third-order valence-electron chi connectivity index (χ3n) is 4.37. The van der Waals surface area contributed by atoms with Crippen LogP contribution >= 0.6 is 11.6 Å². The molecule has 1 saturated heterocycles. The lowest BCUT2D eigenvalue weighted by atomic mass is 10.2. The molecule has 0 aliphatic carbocycles. The van der Waals surface area contributed by atoms with Crippen LogP contribution in [-0.4, -0.2) is 50.7 Å². The second kappa shape index (κ2) is 6.97. The Morgan fingerprint density at radius 3 is 2.44 bits per heavy atom. The Morgan fingerprint density at radius 2 is 1.85 bits per heavy atom. The van der Waals surface area contributed by atoms with Gasteiger partial charge in [0.05, 0.1) is 34.2 Å². The van der Waals surface area contributed by atoms with E-state index in [1.54, 1.807) is 13.0 Å². The van der Waals surface area contributed by atoms with Crippen molar-refractivity contribution in [1.29, 1.82) is 0 Å². The number of sulfonamides is 1. The molecule has 0 spiro atoms. The molecule has 146 valence electrons. The van der Waals surface area contributed by atoms with E-state index in [2.05, 4.69) is 0 Å². The van der Waals surface area contributed by atoms with Crippen molar-refractivity contribution in [1.82, 2.24) is 0 Å². The first-order chi connectivity index (χ1) is 12.5. The number of phenols is 1. The van der Waals surface area contributed by atoms with Gasteiger partial charge in [0.25, 0.3) is 10.0 Å². The zero-order chi connectivity index (χ0) is 20.0. The van der Waals surface area contributed by atoms with Crippen LogP contribution in [0.2, 0.25) is 5.02 Å². The quantitative estimate of drug-likeness (QED) is 0.762. The maximum absolute atomic E-state index is 13.4. The number of sulfone groups is 1. The monoisotopic (exact) mass is 431 g/mol. The van der Waals surface area contributed by atoms with E-state index < -0.39 is 43.5 Å². The molecule has 7 nitrogen and oxygen atoms in total. The first kappa shape index (κ1) is 19.9. The summed E-state index contributed by atoms with van der Waals surface area (Å²) in [5.41, 5.74) is 0.468. The van der Waals surface area contributed by atoms with Crippen molar-refractivity contribution < 1.29 is 27.0 Å². The van der Waals surface area contributed by atoms with Crippen molar-refractivity contribution in [3.63, 3.8) is 0 Å². The zero-order valence-corrected chi connectivity index (χ0v) is 16.7. The molecule has 2 atom stereocenters. The van der Waals surface area contributed by atoms with E-state index in [9.17, 15) is 27.0 Å². The number of anilines is 1. The molecule has 0 radical (unpaired) electrons. The summed E-state index contributed by atoms with van der Waals surface area (Å²) in [6.45, 7) is 1.59. The predicted molar refractivity (Wildman–Crippen MR) is 102 cm³/mol. The number of halogens is 1. The van der Waals surface area contributed by atoms with Crippen LogP contribution in [-0.2, 0) is 19.9 Å². The number of aromatic hydroxyl groups is 1. The van der Waals surface area contributed by atoms with Crippen molar-refractivity contribution in [3.05, 3.63) is 53.1 Å². The third kappa shape index (κ3) is 3.91. The Labute approximate surface area is 162 Å². The van der Waals surface area contributed by atoms with Gasteiger partial charge < -0.3 is 10.2 Å². The van der Waals surface area contributed by atoms with Crippen LogP contribution < -0.4 is 4.31 Å². The Balaban J connectivity index is 2.22. The summed E-state index contributed by atoms with van der Waals surface area (Å²) >= 11 is 5.96. The summed E-state index contributed by atoms with van der Waals surface area (Å²) in [4.78, 5) is -0.102. The smallest absolute Gasteiger partial charge is 0.265 e. The van der Waals surface area contributed by atoms with Crippen molar-refractivity contribution in [3.8, 4) is 5.75 Å². The number of aliphatic hydroxyl groups is 1. The molecule has 3 rings (SSSR count). The average molecular weight is 432 g/mol. The second-order valence-electron chi connectivity index (χ2n) is 6.44. The Kier molecular flexibility index (Phi) is 5.15. The molecule has 27 heavy (non-hydrogen) atoms. The number of rotatable bonds is 4. The van der Waals surface area contributed by atoms with Crippen LogP contribution in [0, 0.1) is 6.92 Å². The lowest BCUT2D eigenvalue weighted by Gasteiger charge is -2.32. The van der Waals surface area contributed by atoms with Crippen molar-refractivity contribution in [2.24, 2.45) is 0 Å². The van der Waals surface area contributed by atoms with Crippen LogP contribution in [0.1, 0.15) is 5.56 Å². The summed E-state index contributed by atoms with van der Waals surface area (Å²) in [5.74, 6) is -1.24. The van der Waals surface area contributed by atoms with Gasteiger partial charge in [-0.3, -0.25) is 4.31 Å². The minimum atomic E-state index is -4.28. The van der Waals surface area contributed by atoms with Crippen LogP contribution in [0.5, 0.6) is 5.75 Å². The summed E-state index contributed by atoms with van der Waals surface area (Å²) < 4.78 is 51.7. The topological polar surface area (TPSA) is 112 Å². The van der Waals surface area contributed by atoms with E-state index in [0.29, 0.717) is 5.56 Å². The van der Waals surface area contributed by atoms with E-state index in [0.717, 1.165) is 4.31 Å². The summed E-state index contributed by atoms with van der Waals surface area (Å²) in [6, 6.07) is 8.57. The van der Waals surface area contributed by atoms with Crippen LogP contribution in [0.3, 0.4) is 0 Å². The number of nitrogens with zero attached hydrogens (tertiary/aromatic N) is 1. The third-order valence-corrected chi connectivity index (χ3v) is 8.30. The molecule has 2 aromatic rings. The summed E-state index contributed by atoms with van der Waals surface area (Å²) in [5, 5.41) is 20.3. The molecular formula is C17H18ClNO6S2. The summed E-state index contributed by atoms with van der Waals surface area (Å²) in [7, 11) is -7.89. The van der Waals surface area contributed by atoms with E-state index in [1.807, 2.05) is 0 Å². The fourth-order valence-corrected chi connectivity index (χ4v) is 7.16. The van der Waals surface area contributed by atoms with Crippen LogP contribution in [0.25, 0.3) is 0 Å². The normalized spacial score (nSPS) is 21.9. The number of hydrogen-bond acceptors (Lipinski definition) is 6. The van der Waals surface area contributed by atoms with Crippen LogP contribution in [0.15, 0.2) is 47.4 Å². The number of phenolic OH excluding ortho intramolecular Hbond substituents is 1. The zero-order valence-electron chi connectivity index (χ0n) is 14.3. The second-order valence-corrected chi connectivity index (χ2v) is 10.8. The van der Waals surface area contributed by atoms with Gasteiger partial charge in [-0.1, -0.05) is 23.7 Å². The summed E-state index contributed by atoms with van der Waals surface area (Å²) in [6.07, 6.45) is -1.40. The predicted octanol–water partition coefficient (Wildman–Crippen LogP) is 1.71. The van der Waals surface area contributed by atoms with Gasteiger partial charge >= 0.3 is 0 Å². The molecule has 0 bridgehead atoms. The van der Waals surface area contributed by atoms with Crippen molar-refractivity contribution in [2.75, 3.05) is 15.8 Å². The van der Waals surface area contributed by atoms with Gasteiger partial charge in [0.15, 0.2) is 9.84 Å². The maximum atomic E-state index is 13.4. The van der Waals surface area contributed by atoms with Gasteiger partial charge in [-0.15, -0.1) is 0 Å². The minimum Gasteiger partial charge on any atom is -0.508 e. The molecule has 0 amide bonds. The minimum absolute atomic E-state index is 0.0514. The van der Waals surface area contributed by atoms with Gasteiger partial charge in [-0.2, -0.15) is 0 Å². The molecule has 2 N–H and O–H groups in total. The number of aryl methyl sites for hydroxylation is 1. The molecule has 0 aromatic heterocycles. The maximum Gasteiger partial charge on any atom is 0.265 e. The van der Waals surface area contributed by atoms with E-state index >= 15 is 0 Å². The van der Waals surface area contributed by atoms with E-state index in [1.165, 1.54) is 36.4 Å². The Hall–Kier alpha value is -1.81. The molecule has 10 heteroatoms. The lowest BCUT2D eigenvalue weighted by molar-refractivity contribution is 0.184. The lowest BCUT2D eigenvalue weighted by Crippen LogP contribution is -2.47. The van der Waals surface area contributed by atoms with Gasteiger partial charge in [-0.05, 0) is 36.8 Å². The fraction of sp³-hybridized carbons (Fsp3) is 0.294. The highest BCUT2D eigenvalue weighted by Crippen LogP contribution is 2.34. The van der Waals surface area contributed by atoms with Crippen molar-refractivity contribution >= 4 is 37.1 Å². The van der Waals surface area contributed by atoms with E-state index in [4.69, 9.17) is 11.6 Å². The van der Waals surface area contributed by atoms with Crippen LogP contribution in [0.4, 0.5) is 5.69 Å². The standard InChI is InChI=1S/C17H18ClNO6S2/c1-11-5-6-12(18)7-17(11)27(24,25)19(13-3-2-4-14(20)8-13)15-9-26(22,23)10-16(15)21/h2-8,15-16,20-21H,9-10H2,1H3/t15-,16+/m0/s1. The molecule has 1 fully saturated rings. The van der Waals surface area contributed by atoms with Gasteiger partial charge in [-0.25, -0.2) is 16.8 Å². The Morgan fingerprint density at radius 1 is 1.15 bits per heavy atom. The van der Waals surface area contributed by atoms with Gasteiger partial charge in [0.2, 0.25) is 0 Å². The highest BCUT2D eigenvalue weighted by Gasteiger charge is 2.45. The Bertz CT molecular complexity index is 1080. The molecule has 1 aliphatic rings. The van der Waals surface area contributed by atoms with Crippen molar-refractivity contribution in [2.45, 2.75) is 24.0 Å². The van der Waals surface area contributed by atoms with Gasteiger partial charge in [0.1, 0.15) is 5.75 Å². The largest absolute Gasteiger partial charge is 0.508 e. The highest BCUT2D eigenvalue weighted by atomic mass is 35.5. The molecule has 1 aliphatic heterocycles. The van der Waals surface area contributed by atoms with E-state index in [-0.39, 0.29) is 21.4 Å². The highest BCUT2D eigenvalue weighted by molar-refractivity contribution is 7.93.